The SMILES string of the molecule is C=CC[Si](C)(C)c1c2c(nc3ccc(OC(C)=O)cc13)-c1cc3c(c(=O)n1C2)COC(=O)C3(CC)OC(=O)CCCNC(=O)OC(C)(C)C. The third kappa shape index (κ3) is 6.89. The first kappa shape index (κ1) is 35.5. The van der Waals surface area contributed by atoms with Crippen molar-refractivity contribution in [3.8, 4) is 17.1 Å². The largest absolute Gasteiger partial charge is 0.457 e. The van der Waals surface area contributed by atoms with E-state index >= 15 is 0 Å². The number of cyclic esters (lactones) is 1. The van der Waals surface area contributed by atoms with Crippen molar-refractivity contribution < 1.29 is 38.1 Å². The highest BCUT2D eigenvalue weighted by Crippen LogP contribution is 2.41. The molecule has 0 radical (unpaired) electrons. The Morgan fingerprint density at radius 3 is 2.55 bits per heavy atom. The molecule has 1 aromatic carbocycles. The van der Waals surface area contributed by atoms with Crippen LogP contribution in [0.5, 0.6) is 5.75 Å². The molecule has 1 unspecified atom stereocenters. The molecule has 2 aliphatic heterocycles. The molecule has 0 saturated heterocycles. The fourth-order valence-corrected chi connectivity index (χ4v) is 9.53. The van der Waals surface area contributed by atoms with E-state index in [-0.39, 0.29) is 55.6 Å². The first-order valence-corrected chi connectivity index (χ1v) is 19.6. The zero-order chi connectivity index (χ0) is 35.9. The summed E-state index contributed by atoms with van der Waals surface area (Å²) in [5, 5.41) is 4.52. The van der Waals surface area contributed by atoms with Gasteiger partial charge in [-0.25, -0.2) is 14.6 Å². The number of rotatable bonds is 10. The van der Waals surface area contributed by atoms with Crippen molar-refractivity contribution in [1.29, 1.82) is 0 Å². The Kier molecular flexibility index (Phi) is 9.61. The Labute approximate surface area is 285 Å². The van der Waals surface area contributed by atoms with Gasteiger partial charge in [-0.3, -0.25) is 14.4 Å². The van der Waals surface area contributed by atoms with Crippen molar-refractivity contribution in [1.82, 2.24) is 14.9 Å². The van der Waals surface area contributed by atoms with Crippen molar-refractivity contribution in [2.24, 2.45) is 0 Å². The van der Waals surface area contributed by atoms with Crippen LogP contribution < -0.4 is 20.8 Å². The number of esters is 3. The van der Waals surface area contributed by atoms with Crippen molar-refractivity contribution in [3.63, 3.8) is 0 Å². The number of pyridine rings is 2. The van der Waals surface area contributed by atoms with Crippen LogP contribution in [0, 0.1) is 0 Å². The maximum absolute atomic E-state index is 14.2. The van der Waals surface area contributed by atoms with E-state index in [0.717, 1.165) is 22.2 Å². The van der Waals surface area contributed by atoms with Crippen LogP contribution in [0.3, 0.4) is 0 Å². The van der Waals surface area contributed by atoms with Crippen molar-refractivity contribution in [3.05, 3.63) is 64.0 Å². The molecule has 49 heavy (non-hydrogen) atoms. The molecule has 5 rings (SSSR count). The van der Waals surface area contributed by atoms with Crippen LogP contribution in [-0.2, 0) is 47.3 Å². The highest BCUT2D eigenvalue weighted by Gasteiger charge is 2.50. The number of benzene rings is 1. The van der Waals surface area contributed by atoms with Crippen LogP contribution in [0.1, 0.15) is 70.6 Å². The molecule has 0 fully saturated rings. The highest BCUT2D eigenvalue weighted by atomic mass is 28.3. The van der Waals surface area contributed by atoms with Crippen LogP contribution in [-0.4, -0.2) is 53.8 Å². The monoisotopic (exact) mass is 689 g/mol. The smallest absolute Gasteiger partial charge is 0.407 e. The standard InChI is InChI=1S/C36H43N3O9Si/c1-9-16-49(7,8)31-23-17-22(46-21(3)40)13-14-27(23)38-30-24(31)19-39-28(30)18-26-25(32(39)42)20-45-33(43)36(26,10-2)47-29(41)12-11-15-37-34(44)48-35(4,5)6/h9,13-14,17-18H,1,10-12,15-16,19-20H2,2-8H3,(H,37,44). The van der Waals surface area contributed by atoms with Gasteiger partial charge in [0, 0.05) is 30.8 Å². The number of hydrogen-bond acceptors (Lipinski definition) is 10. The van der Waals surface area contributed by atoms with E-state index in [1.165, 1.54) is 6.92 Å². The van der Waals surface area contributed by atoms with Gasteiger partial charge in [0.15, 0.2) is 0 Å². The molecule has 13 heteroatoms. The number of hydrogen-bond donors (Lipinski definition) is 1. The van der Waals surface area contributed by atoms with Gasteiger partial charge >= 0.3 is 24.0 Å². The van der Waals surface area contributed by atoms with Gasteiger partial charge < -0.3 is 28.8 Å². The molecule has 1 amide bonds. The minimum absolute atomic E-state index is 0.0328. The van der Waals surface area contributed by atoms with E-state index in [9.17, 15) is 24.0 Å². The van der Waals surface area contributed by atoms with Crippen LogP contribution in [0.4, 0.5) is 4.79 Å². The van der Waals surface area contributed by atoms with Gasteiger partial charge in [0.25, 0.3) is 5.56 Å². The fourth-order valence-electron chi connectivity index (χ4n) is 6.66. The first-order chi connectivity index (χ1) is 23.0. The van der Waals surface area contributed by atoms with Gasteiger partial charge in [0.2, 0.25) is 5.60 Å². The Morgan fingerprint density at radius 1 is 1.16 bits per heavy atom. The van der Waals surface area contributed by atoms with E-state index in [4.69, 9.17) is 23.9 Å². The number of amides is 1. The number of ether oxygens (including phenoxy) is 4. The van der Waals surface area contributed by atoms with Crippen molar-refractivity contribution in [2.45, 2.75) is 97.4 Å². The van der Waals surface area contributed by atoms with Gasteiger partial charge in [0.05, 0.1) is 37.1 Å². The lowest BCUT2D eigenvalue weighted by Gasteiger charge is -2.35. The van der Waals surface area contributed by atoms with Gasteiger partial charge in [-0.15, -0.1) is 6.58 Å². The number of carbonyl (C=O) groups excluding carboxylic acids is 4. The molecule has 0 bridgehead atoms. The lowest BCUT2D eigenvalue weighted by Crippen LogP contribution is -2.47. The first-order valence-electron chi connectivity index (χ1n) is 16.4. The number of aromatic nitrogens is 2. The normalized spacial score (nSPS) is 16.6. The highest BCUT2D eigenvalue weighted by molar-refractivity contribution is 6.92. The van der Waals surface area contributed by atoms with Crippen LogP contribution in [0.25, 0.3) is 22.3 Å². The fraction of sp³-hybridized carbons (Fsp3) is 0.444. The molecule has 2 aliphatic rings. The Bertz CT molecular complexity index is 1940. The predicted octanol–water partition coefficient (Wildman–Crippen LogP) is 4.96. The minimum Gasteiger partial charge on any atom is -0.457 e. The number of allylic oxidation sites excluding steroid dienone is 1. The van der Waals surface area contributed by atoms with Crippen molar-refractivity contribution >= 4 is 48.2 Å². The van der Waals surface area contributed by atoms with E-state index in [0.29, 0.717) is 22.7 Å². The summed E-state index contributed by atoms with van der Waals surface area (Å²) in [4.78, 5) is 69.6. The zero-order valence-electron chi connectivity index (χ0n) is 29.1. The van der Waals surface area contributed by atoms with Crippen LogP contribution in [0.2, 0.25) is 19.1 Å². The van der Waals surface area contributed by atoms with Gasteiger partial charge in [-0.2, -0.15) is 0 Å². The maximum Gasteiger partial charge on any atom is 0.407 e. The minimum atomic E-state index is -2.25. The summed E-state index contributed by atoms with van der Waals surface area (Å²) < 4.78 is 23.7. The lowest BCUT2D eigenvalue weighted by molar-refractivity contribution is -0.189. The summed E-state index contributed by atoms with van der Waals surface area (Å²) in [6.07, 6.45) is 1.47. The summed E-state index contributed by atoms with van der Waals surface area (Å²) >= 11 is 0. The average molecular weight is 690 g/mol. The molecular formula is C36H43N3O9Si. The zero-order valence-corrected chi connectivity index (χ0v) is 30.1. The topological polar surface area (TPSA) is 152 Å². The second kappa shape index (κ2) is 13.3. The second-order valence-electron chi connectivity index (χ2n) is 14.0. The predicted molar refractivity (Wildman–Crippen MR) is 185 cm³/mol. The van der Waals surface area contributed by atoms with Crippen molar-refractivity contribution in [2.75, 3.05) is 6.54 Å². The van der Waals surface area contributed by atoms with E-state index in [1.807, 2.05) is 12.1 Å². The van der Waals surface area contributed by atoms with E-state index < -0.39 is 43.3 Å². The van der Waals surface area contributed by atoms with Crippen LogP contribution in [0.15, 0.2) is 41.7 Å². The summed E-state index contributed by atoms with van der Waals surface area (Å²) in [6, 6.07) is 7.79. The number of fused-ring (bicyclic) bond motifs is 5. The summed E-state index contributed by atoms with van der Waals surface area (Å²) in [5.74, 6) is -1.46. The molecule has 1 N–H and O–H groups in total. The van der Waals surface area contributed by atoms with Crippen LogP contribution >= 0.6 is 0 Å². The van der Waals surface area contributed by atoms with Gasteiger partial charge in [-0.1, -0.05) is 26.1 Å². The molecule has 260 valence electrons. The third-order valence-electron chi connectivity index (χ3n) is 8.73. The molecule has 2 aromatic heterocycles. The molecule has 0 spiro atoms. The van der Waals surface area contributed by atoms with Gasteiger partial charge in [-0.05, 0) is 74.7 Å². The number of carbonyl (C=O) groups is 4. The molecule has 4 heterocycles. The Hall–Kier alpha value is -4.78. The number of nitrogens with one attached hydrogen (secondary N) is 1. The van der Waals surface area contributed by atoms with Gasteiger partial charge in [0.1, 0.15) is 18.0 Å². The molecule has 1 atom stereocenters. The summed E-state index contributed by atoms with van der Waals surface area (Å²) in [6.45, 7) is 16.9. The maximum atomic E-state index is 14.2. The quantitative estimate of drug-likeness (QED) is 0.0604. The molecule has 12 nitrogen and oxygen atoms in total. The second-order valence-corrected chi connectivity index (χ2v) is 18.7. The van der Waals surface area contributed by atoms with E-state index in [2.05, 4.69) is 25.0 Å². The molecule has 3 aromatic rings. The number of nitrogens with zero attached hydrogens (tertiary/aromatic N) is 2. The summed E-state index contributed by atoms with van der Waals surface area (Å²) in [5.41, 5.74) is 0.344. The average Bonchev–Trinajstić information content (AvgIpc) is 3.36. The molecule has 0 aliphatic carbocycles. The van der Waals surface area contributed by atoms with E-state index in [1.54, 1.807) is 50.5 Å². The Morgan fingerprint density at radius 2 is 1.90 bits per heavy atom. The molecule has 0 saturated carbocycles. The summed E-state index contributed by atoms with van der Waals surface area (Å²) in [7, 11) is -2.25. The molecular weight excluding hydrogens is 646 g/mol. The Balaban J connectivity index is 1.55. The number of alkyl carbamates (subject to hydrolysis) is 1. The third-order valence-corrected chi connectivity index (χ3v) is 12.0. The lowest BCUT2D eigenvalue weighted by atomic mass is 9.85.